The summed E-state index contributed by atoms with van der Waals surface area (Å²) in [4.78, 5) is 41.2. The molecule has 0 aliphatic heterocycles. The minimum absolute atomic E-state index is 0.120. The van der Waals surface area contributed by atoms with Crippen molar-refractivity contribution < 1.29 is 19.2 Å². The monoisotopic (exact) mass is 390 g/mol. The number of hydrogen-bond acceptors (Lipinski definition) is 4. The molecule has 0 saturated heterocycles. The van der Waals surface area contributed by atoms with Crippen LogP contribution in [0.15, 0.2) is 24.3 Å². The number of alkyl halides is 4. The van der Waals surface area contributed by atoms with Crippen molar-refractivity contribution in [3.63, 3.8) is 0 Å². The van der Waals surface area contributed by atoms with E-state index in [1.54, 1.807) is 0 Å². The summed E-state index contributed by atoms with van der Waals surface area (Å²) in [5.41, 5.74) is -0.278. The molecule has 4 nitrogen and oxygen atoms in total. The Kier molecular flexibility index (Phi) is 18.2. The van der Waals surface area contributed by atoms with Crippen molar-refractivity contribution in [2.24, 2.45) is 0 Å². The van der Waals surface area contributed by atoms with E-state index >= 15 is 0 Å². The minimum Gasteiger partial charge on any atom is -0.294 e. The van der Waals surface area contributed by atoms with Crippen LogP contribution >= 0.6 is 46.4 Å². The van der Waals surface area contributed by atoms with Gasteiger partial charge in [0.2, 0.25) is 0 Å². The van der Waals surface area contributed by atoms with Gasteiger partial charge in [-0.05, 0) is 6.92 Å². The van der Waals surface area contributed by atoms with Crippen LogP contribution in [-0.2, 0) is 19.2 Å². The molecule has 0 aliphatic carbocycles. The van der Waals surface area contributed by atoms with E-state index < -0.39 is 28.0 Å². The SMILES string of the molecule is C=C(C(=O)CCl)C(=O)CCl.C=C(C(C)=O)C(=O)C(Cl)Cl.CC. The molecule has 0 aromatic rings. The summed E-state index contributed by atoms with van der Waals surface area (Å²) >= 11 is 20.6. The Bertz CT molecular complexity index is 422. The first-order chi connectivity index (χ1) is 10.1. The van der Waals surface area contributed by atoms with Crippen molar-refractivity contribution >= 4 is 69.5 Å². The number of rotatable bonds is 7. The molecule has 126 valence electrons. The molecular weight excluding hydrogens is 374 g/mol. The molecule has 0 fully saturated rings. The molecule has 0 radical (unpaired) electrons. The van der Waals surface area contributed by atoms with Crippen molar-refractivity contribution in [1.82, 2.24) is 0 Å². The summed E-state index contributed by atoms with van der Waals surface area (Å²) in [5, 5.41) is 0. The lowest BCUT2D eigenvalue weighted by molar-refractivity contribution is -0.120. The first kappa shape index (κ1) is 26.2. The van der Waals surface area contributed by atoms with Crippen molar-refractivity contribution in [1.29, 1.82) is 0 Å². The van der Waals surface area contributed by atoms with E-state index in [1.165, 1.54) is 6.92 Å². The third kappa shape index (κ3) is 11.9. The van der Waals surface area contributed by atoms with Gasteiger partial charge in [0, 0.05) is 0 Å². The van der Waals surface area contributed by atoms with Gasteiger partial charge < -0.3 is 0 Å². The maximum atomic E-state index is 10.7. The highest BCUT2D eigenvalue weighted by atomic mass is 35.5. The van der Waals surface area contributed by atoms with E-state index in [-0.39, 0.29) is 22.9 Å². The Balaban J connectivity index is -0.000000294. The van der Waals surface area contributed by atoms with E-state index in [2.05, 4.69) is 13.2 Å². The highest BCUT2D eigenvalue weighted by molar-refractivity contribution is 6.56. The highest BCUT2D eigenvalue weighted by Gasteiger charge is 2.17. The number of allylic oxidation sites excluding steroid dienone is 2. The summed E-state index contributed by atoms with van der Waals surface area (Å²) in [7, 11) is 0. The molecule has 0 spiro atoms. The number of Topliss-reactive ketones (excluding diaryl/α,β-unsaturated/α-hetero) is 4. The molecule has 22 heavy (non-hydrogen) atoms. The maximum absolute atomic E-state index is 10.7. The van der Waals surface area contributed by atoms with E-state index in [9.17, 15) is 19.2 Å². The average molecular weight is 392 g/mol. The quantitative estimate of drug-likeness (QED) is 0.287. The lowest BCUT2D eigenvalue weighted by atomic mass is 10.1. The normalized spacial score (nSPS) is 8.73. The fourth-order valence-corrected chi connectivity index (χ4v) is 1.21. The van der Waals surface area contributed by atoms with E-state index in [0.29, 0.717) is 0 Å². The second kappa shape index (κ2) is 15.2. The fraction of sp³-hybridized carbons (Fsp3) is 0.429. The van der Waals surface area contributed by atoms with Crippen LogP contribution in [0.1, 0.15) is 20.8 Å². The standard InChI is InChI=1S/2C6H6Cl2O2.C2H6/c1-4(5(9)2-7)6(10)3-8;1-3(4(2)9)5(10)6(7)8;1-2/h1-3H2;6H,1H2,2H3;1-2H3. The zero-order valence-electron chi connectivity index (χ0n) is 12.6. The third-order valence-corrected chi connectivity index (χ3v) is 2.72. The second-order valence-electron chi connectivity index (χ2n) is 3.29. The van der Waals surface area contributed by atoms with Crippen LogP contribution in [-0.4, -0.2) is 39.7 Å². The Labute approximate surface area is 150 Å². The molecule has 0 amide bonds. The molecule has 0 rings (SSSR count). The molecule has 0 atom stereocenters. The summed E-state index contributed by atoms with van der Waals surface area (Å²) in [6.45, 7) is 11.7. The van der Waals surface area contributed by atoms with Crippen molar-refractivity contribution in [3.05, 3.63) is 24.3 Å². The van der Waals surface area contributed by atoms with E-state index in [0.717, 1.165) is 0 Å². The molecule has 8 heteroatoms. The summed E-state index contributed by atoms with van der Waals surface area (Å²) in [6.07, 6.45) is 0. The predicted molar refractivity (Wildman–Crippen MR) is 92.3 cm³/mol. The van der Waals surface area contributed by atoms with Crippen LogP contribution in [0.3, 0.4) is 0 Å². The van der Waals surface area contributed by atoms with Crippen LogP contribution in [0, 0.1) is 0 Å². The van der Waals surface area contributed by atoms with Crippen LogP contribution in [0.5, 0.6) is 0 Å². The molecule has 0 bridgehead atoms. The first-order valence-electron chi connectivity index (χ1n) is 5.99. The van der Waals surface area contributed by atoms with Gasteiger partial charge in [-0.25, -0.2) is 0 Å². The van der Waals surface area contributed by atoms with E-state index in [4.69, 9.17) is 46.4 Å². The Morgan fingerprint density at radius 2 is 1.18 bits per heavy atom. The van der Waals surface area contributed by atoms with Gasteiger partial charge >= 0.3 is 0 Å². The van der Waals surface area contributed by atoms with Crippen molar-refractivity contribution in [2.75, 3.05) is 11.8 Å². The van der Waals surface area contributed by atoms with Crippen molar-refractivity contribution in [2.45, 2.75) is 25.6 Å². The molecule has 0 N–H and O–H groups in total. The van der Waals surface area contributed by atoms with Crippen LogP contribution in [0.4, 0.5) is 0 Å². The third-order valence-electron chi connectivity index (χ3n) is 1.84. The van der Waals surface area contributed by atoms with Gasteiger partial charge in [0.05, 0.1) is 22.9 Å². The zero-order valence-corrected chi connectivity index (χ0v) is 15.6. The number of carbonyl (C=O) groups excluding carboxylic acids is 4. The molecule has 0 unspecified atom stereocenters. The first-order valence-corrected chi connectivity index (χ1v) is 7.93. The fourth-order valence-electron chi connectivity index (χ4n) is 0.622. The molecular formula is C14H18Cl4O4. The Morgan fingerprint density at radius 3 is 1.32 bits per heavy atom. The predicted octanol–water partition coefficient (Wildman–Crippen LogP) is 3.69. The minimum atomic E-state index is -1.18. The highest BCUT2D eigenvalue weighted by Crippen LogP contribution is 2.09. The molecule has 0 aromatic carbocycles. The molecule has 0 heterocycles. The summed E-state index contributed by atoms with van der Waals surface area (Å²) in [5.74, 6) is -2.41. The lowest BCUT2D eigenvalue weighted by Crippen LogP contribution is -2.15. The molecule has 0 aromatic heterocycles. The van der Waals surface area contributed by atoms with Crippen LogP contribution < -0.4 is 0 Å². The van der Waals surface area contributed by atoms with Crippen LogP contribution in [0.25, 0.3) is 0 Å². The summed E-state index contributed by atoms with van der Waals surface area (Å²) in [6, 6.07) is 0. The lowest BCUT2D eigenvalue weighted by Gasteiger charge is -1.98. The molecule has 0 aliphatic rings. The van der Waals surface area contributed by atoms with E-state index in [1.807, 2.05) is 13.8 Å². The van der Waals surface area contributed by atoms with Gasteiger partial charge in [-0.2, -0.15) is 0 Å². The largest absolute Gasteiger partial charge is 0.294 e. The van der Waals surface area contributed by atoms with Crippen LogP contribution in [0.2, 0.25) is 0 Å². The van der Waals surface area contributed by atoms with Gasteiger partial charge in [0.1, 0.15) is 0 Å². The number of carbonyl (C=O) groups is 4. The Morgan fingerprint density at radius 1 is 0.864 bits per heavy atom. The number of hydrogen-bond donors (Lipinski definition) is 0. The maximum Gasteiger partial charge on any atom is 0.198 e. The Hall–Kier alpha value is -0.680. The van der Waals surface area contributed by atoms with Gasteiger partial charge in [-0.3, -0.25) is 19.2 Å². The van der Waals surface area contributed by atoms with Gasteiger partial charge in [-0.15, -0.1) is 23.2 Å². The van der Waals surface area contributed by atoms with Crippen molar-refractivity contribution in [3.8, 4) is 0 Å². The number of halogens is 4. The zero-order chi connectivity index (χ0) is 18.5. The smallest absolute Gasteiger partial charge is 0.198 e. The second-order valence-corrected chi connectivity index (χ2v) is 4.92. The average Bonchev–Trinajstić information content (AvgIpc) is 2.53. The summed E-state index contributed by atoms with van der Waals surface area (Å²) < 4.78 is 0. The van der Waals surface area contributed by atoms with Gasteiger partial charge in [0.25, 0.3) is 0 Å². The van der Waals surface area contributed by atoms with Gasteiger partial charge in [0.15, 0.2) is 28.0 Å². The van der Waals surface area contributed by atoms with Gasteiger partial charge in [-0.1, -0.05) is 50.2 Å². The number of ketones is 4. The molecule has 0 saturated carbocycles. The topological polar surface area (TPSA) is 68.3 Å².